The van der Waals surface area contributed by atoms with Gasteiger partial charge in [-0.2, -0.15) is 0 Å². The van der Waals surface area contributed by atoms with E-state index < -0.39 is 0 Å². The van der Waals surface area contributed by atoms with E-state index in [9.17, 15) is 0 Å². The molecule has 1 N–H and O–H groups in total. The fraction of sp³-hybridized carbons (Fsp3) is 0. The van der Waals surface area contributed by atoms with Crippen molar-refractivity contribution in [1.29, 1.82) is 0 Å². The Hall–Kier alpha value is -6.58. The Morgan fingerprint density at radius 2 is 0.959 bits per heavy atom. The molecule has 0 spiro atoms. The topological polar surface area (TPSA) is 41.6 Å². The molecular formula is C46H29N3. The van der Waals surface area contributed by atoms with Gasteiger partial charge in [0.2, 0.25) is 0 Å². The van der Waals surface area contributed by atoms with E-state index in [1.165, 1.54) is 43.1 Å². The van der Waals surface area contributed by atoms with Gasteiger partial charge in [0.05, 0.1) is 11.4 Å². The molecule has 10 aromatic rings. The molecule has 228 valence electrons. The molecule has 0 aliphatic carbocycles. The van der Waals surface area contributed by atoms with Crippen molar-refractivity contribution in [2.24, 2.45) is 0 Å². The summed E-state index contributed by atoms with van der Waals surface area (Å²) in [6.07, 6.45) is 0. The van der Waals surface area contributed by atoms with Crippen molar-refractivity contribution in [3.63, 3.8) is 0 Å². The Kier molecular flexibility index (Phi) is 6.18. The fourth-order valence-corrected chi connectivity index (χ4v) is 7.50. The number of para-hydroxylation sites is 1. The van der Waals surface area contributed by atoms with Crippen molar-refractivity contribution in [1.82, 2.24) is 15.0 Å². The normalized spacial score (nSPS) is 11.7. The third-order valence-electron chi connectivity index (χ3n) is 9.82. The first-order chi connectivity index (χ1) is 24.3. The van der Waals surface area contributed by atoms with Crippen molar-refractivity contribution < 1.29 is 0 Å². The minimum absolute atomic E-state index is 0.701. The van der Waals surface area contributed by atoms with Crippen LogP contribution in [0.1, 0.15) is 0 Å². The number of hydrogen-bond acceptors (Lipinski definition) is 2. The first kappa shape index (κ1) is 27.5. The molecule has 0 saturated heterocycles. The van der Waals surface area contributed by atoms with E-state index in [4.69, 9.17) is 9.97 Å². The maximum atomic E-state index is 5.35. The van der Waals surface area contributed by atoms with Crippen molar-refractivity contribution in [2.75, 3.05) is 0 Å². The Labute approximate surface area is 283 Å². The van der Waals surface area contributed by atoms with Crippen LogP contribution in [0.2, 0.25) is 0 Å². The molecule has 3 heteroatoms. The van der Waals surface area contributed by atoms with Gasteiger partial charge in [0, 0.05) is 38.5 Å². The number of H-pyrrole nitrogens is 1. The van der Waals surface area contributed by atoms with Crippen molar-refractivity contribution in [3.05, 3.63) is 170 Å². The highest BCUT2D eigenvalue weighted by Gasteiger charge is 2.18. The molecule has 0 aliphatic heterocycles. The molecule has 3 nitrogen and oxygen atoms in total. The van der Waals surface area contributed by atoms with Crippen LogP contribution < -0.4 is 0 Å². The molecule has 0 bridgehead atoms. The zero-order chi connectivity index (χ0) is 32.3. The maximum Gasteiger partial charge on any atom is 0.160 e. The highest BCUT2D eigenvalue weighted by atomic mass is 14.9. The van der Waals surface area contributed by atoms with Crippen LogP contribution in [-0.2, 0) is 0 Å². The predicted octanol–water partition coefficient (Wildman–Crippen LogP) is 12.2. The van der Waals surface area contributed by atoms with Crippen LogP contribution in [0, 0.1) is 0 Å². The average molecular weight is 624 g/mol. The van der Waals surface area contributed by atoms with Crippen LogP contribution in [0.3, 0.4) is 0 Å². The van der Waals surface area contributed by atoms with Gasteiger partial charge in [-0.25, -0.2) is 9.97 Å². The van der Waals surface area contributed by atoms with Gasteiger partial charge in [0.25, 0.3) is 0 Å². The van der Waals surface area contributed by atoms with E-state index in [0.29, 0.717) is 5.82 Å². The molecule has 49 heavy (non-hydrogen) atoms. The van der Waals surface area contributed by atoms with Crippen LogP contribution >= 0.6 is 0 Å². The lowest BCUT2D eigenvalue weighted by Crippen LogP contribution is -1.97. The second kappa shape index (κ2) is 11.0. The van der Waals surface area contributed by atoms with Crippen molar-refractivity contribution >= 4 is 54.1 Å². The quantitative estimate of drug-likeness (QED) is 0.198. The van der Waals surface area contributed by atoms with E-state index in [2.05, 4.69) is 175 Å². The molecule has 0 aliphatic rings. The van der Waals surface area contributed by atoms with Crippen LogP contribution in [-0.4, -0.2) is 15.0 Å². The SMILES string of the molecule is c1ccc(-c2ccccc2-c2cc(-c3cccc4[nH]c5ccccc5c34)nc(-c3ccc4ccc5c6ccccc6ccc5c4c3)n2)cc1. The molecule has 0 amide bonds. The highest BCUT2D eigenvalue weighted by molar-refractivity contribution is 6.18. The summed E-state index contributed by atoms with van der Waals surface area (Å²) in [5.41, 5.74) is 9.42. The Balaban J connectivity index is 1.25. The lowest BCUT2D eigenvalue weighted by molar-refractivity contribution is 1.19. The maximum absolute atomic E-state index is 5.35. The highest BCUT2D eigenvalue weighted by Crippen LogP contribution is 2.39. The summed E-state index contributed by atoms with van der Waals surface area (Å²) in [6, 6.07) is 60.4. The monoisotopic (exact) mass is 623 g/mol. The molecule has 0 fully saturated rings. The number of nitrogens with one attached hydrogen (secondary N) is 1. The molecular weight excluding hydrogens is 595 g/mol. The predicted molar refractivity (Wildman–Crippen MR) is 206 cm³/mol. The summed E-state index contributed by atoms with van der Waals surface area (Å²) < 4.78 is 0. The average Bonchev–Trinajstić information content (AvgIpc) is 3.57. The number of rotatable bonds is 4. The number of aromatic nitrogens is 3. The lowest BCUT2D eigenvalue weighted by atomic mass is 9.95. The minimum atomic E-state index is 0.701. The van der Waals surface area contributed by atoms with Gasteiger partial charge in [0.1, 0.15) is 0 Å². The molecule has 0 radical (unpaired) electrons. The second-order valence-electron chi connectivity index (χ2n) is 12.7. The van der Waals surface area contributed by atoms with Gasteiger partial charge >= 0.3 is 0 Å². The first-order valence-corrected chi connectivity index (χ1v) is 16.7. The summed E-state index contributed by atoms with van der Waals surface area (Å²) in [4.78, 5) is 14.3. The van der Waals surface area contributed by atoms with Crippen LogP contribution in [0.5, 0.6) is 0 Å². The smallest absolute Gasteiger partial charge is 0.160 e. The lowest BCUT2D eigenvalue weighted by Gasteiger charge is -2.14. The standard InChI is InChI=1S/C46H29N3/c1-2-11-29(12-3-1)34-15-6-7-16-37(34)43-28-44(39-18-10-20-42-45(39)38-17-8-9-19-41(38)47-42)49-46(48-43)32-22-21-31-24-25-35-33-14-5-4-13-30(33)23-26-36(35)40(31)27-32/h1-28,47H. The Morgan fingerprint density at radius 1 is 0.347 bits per heavy atom. The van der Waals surface area contributed by atoms with E-state index in [1.807, 2.05) is 0 Å². The summed E-state index contributed by atoms with van der Waals surface area (Å²) in [7, 11) is 0. The Morgan fingerprint density at radius 3 is 1.82 bits per heavy atom. The first-order valence-electron chi connectivity index (χ1n) is 16.7. The molecule has 0 atom stereocenters. The van der Waals surface area contributed by atoms with E-state index in [0.717, 1.165) is 50.2 Å². The third kappa shape index (κ3) is 4.51. The number of aromatic amines is 1. The number of nitrogens with zero attached hydrogens (tertiary/aromatic N) is 2. The van der Waals surface area contributed by atoms with Gasteiger partial charge in [0.15, 0.2) is 5.82 Å². The summed E-state index contributed by atoms with van der Waals surface area (Å²) >= 11 is 0. The van der Waals surface area contributed by atoms with Crippen LogP contribution in [0.15, 0.2) is 170 Å². The van der Waals surface area contributed by atoms with Crippen LogP contribution in [0.25, 0.3) is 99.2 Å². The van der Waals surface area contributed by atoms with Crippen molar-refractivity contribution in [2.45, 2.75) is 0 Å². The Bertz CT molecular complexity index is 2880. The minimum Gasteiger partial charge on any atom is -0.354 e. The zero-order valence-electron chi connectivity index (χ0n) is 26.6. The number of hydrogen-bond donors (Lipinski definition) is 1. The molecule has 8 aromatic carbocycles. The molecule has 2 aromatic heterocycles. The number of fused-ring (bicyclic) bond motifs is 8. The molecule has 0 unspecified atom stereocenters. The largest absolute Gasteiger partial charge is 0.354 e. The second-order valence-corrected chi connectivity index (χ2v) is 12.7. The molecule has 10 rings (SSSR count). The molecule has 2 heterocycles. The zero-order valence-corrected chi connectivity index (χ0v) is 26.6. The van der Waals surface area contributed by atoms with Gasteiger partial charge in [-0.3, -0.25) is 0 Å². The van der Waals surface area contributed by atoms with Gasteiger partial charge in [-0.15, -0.1) is 0 Å². The summed E-state index contributed by atoms with van der Waals surface area (Å²) in [6.45, 7) is 0. The van der Waals surface area contributed by atoms with E-state index in [1.54, 1.807) is 0 Å². The van der Waals surface area contributed by atoms with Crippen LogP contribution in [0.4, 0.5) is 0 Å². The van der Waals surface area contributed by atoms with Crippen molar-refractivity contribution in [3.8, 4) is 45.0 Å². The molecule has 0 saturated carbocycles. The third-order valence-corrected chi connectivity index (χ3v) is 9.82. The fourth-order valence-electron chi connectivity index (χ4n) is 7.50. The van der Waals surface area contributed by atoms with E-state index >= 15 is 0 Å². The van der Waals surface area contributed by atoms with Gasteiger partial charge < -0.3 is 4.98 Å². The van der Waals surface area contributed by atoms with E-state index in [-0.39, 0.29) is 0 Å². The number of benzene rings is 8. The summed E-state index contributed by atoms with van der Waals surface area (Å²) in [5, 5.41) is 9.73. The van der Waals surface area contributed by atoms with Gasteiger partial charge in [-0.05, 0) is 67.7 Å². The van der Waals surface area contributed by atoms with Gasteiger partial charge in [-0.1, -0.05) is 146 Å². The summed E-state index contributed by atoms with van der Waals surface area (Å²) in [5.74, 6) is 0.701.